The molecule has 1 N–H and O–H groups in total. The van der Waals surface area contributed by atoms with Crippen LogP contribution in [0, 0.1) is 0 Å². The van der Waals surface area contributed by atoms with E-state index >= 15 is 0 Å². The number of esters is 1. The minimum atomic E-state index is -0.492. The fraction of sp³-hybridized carbons (Fsp3) is 0.0526. The van der Waals surface area contributed by atoms with Crippen molar-refractivity contribution in [1.82, 2.24) is 0 Å². The van der Waals surface area contributed by atoms with Gasteiger partial charge in [0.15, 0.2) is 0 Å². The van der Waals surface area contributed by atoms with E-state index in [4.69, 9.17) is 9.47 Å². The van der Waals surface area contributed by atoms with Crippen LogP contribution < -0.4 is 14.8 Å². The minimum Gasteiger partial charge on any atom is -0.497 e. The topological polar surface area (TPSA) is 64.6 Å². The molecule has 0 unspecified atom stereocenters. The highest BCUT2D eigenvalue weighted by Gasteiger charge is 2.02. The van der Waals surface area contributed by atoms with Crippen LogP contribution in [0.25, 0.3) is 6.08 Å². The molecule has 0 saturated heterocycles. The number of methoxy groups -OCH3 is 1. The van der Waals surface area contributed by atoms with Gasteiger partial charge in [-0.1, -0.05) is 18.7 Å². The highest BCUT2D eigenvalue weighted by atomic mass is 16.5. The van der Waals surface area contributed by atoms with E-state index in [1.54, 1.807) is 49.6 Å². The van der Waals surface area contributed by atoms with Crippen LogP contribution in [-0.4, -0.2) is 19.0 Å². The Morgan fingerprint density at radius 1 is 1.00 bits per heavy atom. The van der Waals surface area contributed by atoms with E-state index in [-0.39, 0.29) is 5.91 Å². The average molecular weight is 323 g/mol. The van der Waals surface area contributed by atoms with Gasteiger partial charge in [0, 0.05) is 11.8 Å². The van der Waals surface area contributed by atoms with E-state index < -0.39 is 5.97 Å². The third-order valence-electron chi connectivity index (χ3n) is 3.05. The first-order valence-electron chi connectivity index (χ1n) is 7.18. The Balaban J connectivity index is 1.92. The van der Waals surface area contributed by atoms with Gasteiger partial charge in [0.25, 0.3) is 0 Å². The van der Waals surface area contributed by atoms with Crippen LogP contribution in [0.4, 0.5) is 5.69 Å². The first kappa shape index (κ1) is 17.0. The predicted molar refractivity (Wildman–Crippen MR) is 92.9 cm³/mol. The molecule has 1 amide bonds. The van der Waals surface area contributed by atoms with Gasteiger partial charge in [0.05, 0.1) is 7.11 Å². The zero-order valence-corrected chi connectivity index (χ0v) is 13.2. The third-order valence-corrected chi connectivity index (χ3v) is 3.05. The molecule has 0 radical (unpaired) electrons. The summed E-state index contributed by atoms with van der Waals surface area (Å²) >= 11 is 0. The summed E-state index contributed by atoms with van der Waals surface area (Å²) in [6, 6.07) is 13.7. The first-order chi connectivity index (χ1) is 11.6. The van der Waals surface area contributed by atoms with Gasteiger partial charge in [-0.2, -0.15) is 0 Å². The van der Waals surface area contributed by atoms with Crippen molar-refractivity contribution in [3.63, 3.8) is 0 Å². The zero-order chi connectivity index (χ0) is 17.4. The van der Waals surface area contributed by atoms with Crippen molar-refractivity contribution in [3.8, 4) is 11.5 Å². The summed E-state index contributed by atoms with van der Waals surface area (Å²) in [5.41, 5.74) is 1.45. The molecule has 2 aromatic rings. The standard InChI is InChI=1S/C19H17NO4/c1-3-18(21)20-15-7-11-17(12-8-15)24-19(22)13-6-14-4-9-16(23-2)10-5-14/h3-13H,1H2,2H3,(H,20,21). The van der Waals surface area contributed by atoms with E-state index in [9.17, 15) is 9.59 Å². The summed E-state index contributed by atoms with van der Waals surface area (Å²) in [6.07, 6.45) is 4.17. The minimum absolute atomic E-state index is 0.304. The Kier molecular flexibility index (Phi) is 5.91. The Morgan fingerprint density at radius 3 is 2.21 bits per heavy atom. The molecular formula is C19H17NO4. The summed E-state index contributed by atoms with van der Waals surface area (Å²) in [4.78, 5) is 23.0. The molecule has 0 heterocycles. The third kappa shape index (κ3) is 5.14. The Labute approximate surface area is 140 Å². The summed E-state index contributed by atoms with van der Waals surface area (Å²) < 4.78 is 10.3. The van der Waals surface area contributed by atoms with Crippen molar-refractivity contribution in [1.29, 1.82) is 0 Å². The Morgan fingerprint density at radius 2 is 1.62 bits per heavy atom. The van der Waals surface area contributed by atoms with Gasteiger partial charge in [-0.3, -0.25) is 4.79 Å². The molecule has 5 nitrogen and oxygen atoms in total. The van der Waals surface area contributed by atoms with Crippen LogP contribution in [-0.2, 0) is 9.59 Å². The zero-order valence-electron chi connectivity index (χ0n) is 13.2. The molecule has 2 rings (SSSR count). The number of anilines is 1. The Hall–Kier alpha value is -3.34. The summed E-state index contributed by atoms with van der Waals surface area (Å²) in [6.45, 7) is 3.37. The van der Waals surface area contributed by atoms with Crippen LogP contribution in [0.3, 0.4) is 0 Å². The van der Waals surface area contributed by atoms with Gasteiger partial charge in [-0.15, -0.1) is 0 Å². The molecule has 0 saturated carbocycles. The molecule has 0 aliphatic heterocycles. The molecule has 0 aromatic heterocycles. The second-order valence-electron chi connectivity index (χ2n) is 4.75. The number of rotatable bonds is 6. The lowest BCUT2D eigenvalue weighted by Crippen LogP contribution is -2.07. The van der Waals surface area contributed by atoms with Crippen LogP contribution in [0.2, 0.25) is 0 Å². The summed E-state index contributed by atoms with van der Waals surface area (Å²) in [7, 11) is 1.59. The molecule has 2 aromatic carbocycles. The van der Waals surface area contributed by atoms with Gasteiger partial charge in [0.2, 0.25) is 5.91 Å². The SMILES string of the molecule is C=CC(=O)Nc1ccc(OC(=O)C=Cc2ccc(OC)cc2)cc1. The van der Waals surface area contributed by atoms with Crippen LogP contribution >= 0.6 is 0 Å². The van der Waals surface area contributed by atoms with E-state index in [1.807, 2.05) is 12.1 Å². The molecule has 122 valence electrons. The molecule has 0 bridgehead atoms. The highest BCUT2D eigenvalue weighted by molar-refractivity contribution is 5.98. The maximum absolute atomic E-state index is 11.8. The normalized spacial score (nSPS) is 10.2. The number of carbonyl (C=O) groups is 2. The molecule has 0 aliphatic carbocycles. The first-order valence-corrected chi connectivity index (χ1v) is 7.18. The van der Waals surface area contributed by atoms with E-state index in [1.165, 1.54) is 12.2 Å². The molecular weight excluding hydrogens is 306 g/mol. The monoisotopic (exact) mass is 323 g/mol. The van der Waals surface area contributed by atoms with Gasteiger partial charge in [0.1, 0.15) is 11.5 Å². The van der Waals surface area contributed by atoms with Gasteiger partial charge >= 0.3 is 5.97 Å². The smallest absolute Gasteiger partial charge is 0.336 e. The lowest BCUT2D eigenvalue weighted by Gasteiger charge is -2.04. The maximum Gasteiger partial charge on any atom is 0.336 e. The van der Waals surface area contributed by atoms with Crippen molar-refractivity contribution in [3.05, 3.63) is 72.8 Å². The quantitative estimate of drug-likeness (QED) is 0.502. The predicted octanol–water partition coefficient (Wildman–Crippen LogP) is 3.44. The van der Waals surface area contributed by atoms with Crippen molar-refractivity contribution >= 4 is 23.6 Å². The van der Waals surface area contributed by atoms with Crippen molar-refractivity contribution in [2.75, 3.05) is 12.4 Å². The number of nitrogens with one attached hydrogen (secondary N) is 1. The average Bonchev–Trinajstić information content (AvgIpc) is 2.62. The fourth-order valence-electron chi connectivity index (χ4n) is 1.83. The van der Waals surface area contributed by atoms with E-state index in [2.05, 4.69) is 11.9 Å². The van der Waals surface area contributed by atoms with Crippen LogP contribution in [0.1, 0.15) is 5.56 Å². The van der Waals surface area contributed by atoms with Crippen LogP contribution in [0.5, 0.6) is 11.5 Å². The number of hydrogen-bond acceptors (Lipinski definition) is 4. The van der Waals surface area contributed by atoms with Crippen LogP contribution in [0.15, 0.2) is 67.3 Å². The Bertz CT molecular complexity index is 746. The highest BCUT2D eigenvalue weighted by Crippen LogP contribution is 2.16. The molecule has 5 heteroatoms. The number of hydrogen-bond donors (Lipinski definition) is 1. The second kappa shape index (κ2) is 8.33. The molecule has 0 atom stereocenters. The molecule has 24 heavy (non-hydrogen) atoms. The largest absolute Gasteiger partial charge is 0.497 e. The number of carbonyl (C=O) groups excluding carboxylic acids is 2. The van der Waals surface area contributed by atoms with E-state index in [0.29, 0.717) is 11.4 Å². The molecule has 0 spiro atoms. The number of ether oxygens (including phenoxy) is 2. The summed E-state index contributed by atoms with van der Waals surface area (Å²) in [5, 5.41) is 2.61. The number of amides is 1. The number of benzene rings is 2. The fourth-order valence-corrected chi connectivity index (χ4v) is 1.83. The molecule has 0 fully saturated rings. The van der Waals surface area contributed by atoms with Gasteiger partial charge in [-0.05, 0) is 54.1 Å². The van der Waals surface area contributed by atoms with Gasteiger partial charge < -0.3 is 14.8 Å². The van der Waals surface area contributed by atoms with Crippen molar-refractivity contribution in [2.45, 2.75) is 0 Å². The second-order valence-corrected chi connectivity index (χ2v) is 4.75. The van der Waals surface area contributed by atoms with Gasteiger partial charge in [-0.25, -0.2) is 4.79 Å². The van der Waals surface area contributed by atoms with Crippen molar-refractivity contribution < 1.29 is 19.1 Å². The van der Waals surface area contributed by atoms with E-state index in [0.717, 1.165) is 11.3 Å². The molecule has 0 aliphatic rings. The summed E-state index contributed by atoms with van der Waals surface area (Å²) in [5.74, 6) is 0.338. The lowest BCUT2D eigenvalue weighted by atomic mass is 10.2. The lowest BCUT2D eigenvalue weighted by molar-refractivity contribution is -0.128. The maximum atomic E-state index is 11.8. The van der Waals surface area contributed by atoms with Crippen molar-refractivity contribution in [2.24, 2.45) is 0 Å².